The van der Waals surface area contributed by atoms with Crippen LogP contribution < -0.4 is 10.6 Å². The molecule has 0 radical (unpaired) electrons. The Bertz CT molecular complexity index is 734. The van der Waals surface area contributed by atoms with Gasteiger partial charge in [0.2, 0.25) is 0 Å². The Hall–Kier alpha value is -2.13. The van der Waals surface area contributed by atoms with Crippen LogP contribution in [0.25, 0.3) is 0 Å². The molecule has 9 heteroatoms. The summed E-state index contributed by atoms with van der Waals surface area (Å²) in [4.78, 5) is 24.4. The van der Waals surface area contributed by atoms with Gasteiger partial charge in [-0.25, -0.2) is 13.2 Å². The van der Waals surface area contributed by atoms with Crippen LogP contribution in [0, 0.1) is 0 Å². The van der Waals surface area contributed by atoms with E-state index >= 15 is 0 Å². The van der Waals surface area contributed by atoms with E-state index in [0.29, 0.717) is 12.1 Å². The van der Waals surface area contributed by atoms with Crippen molar-refractivity contribution in [2.45, 2.75) is 25.5 Å². The molecule has 1 aliphatic heterocycles. The molecule has 3 N–H and O–H groups in total. The minimum absolute atomic E-state index is 0.0516. The molecular formula is C16H22N2O6S. The number of nitrogens with one attached hydrogen (secondary N) is 2. The maximum Gasteiger partial charge on any atom is 0.341 e. The molecule has 2 rings (SSSR count). The van der Waals surface area contributed by atoms with Crippen LogP contribution in [0.1, 0.15) is 23.7 Å². The molecule has 0 unspecified atom stereocenters. The number of benzene rings is 1. The number of aliphatic hydroxyl groups excluding tert-OH is 1. The Kier molecular flexibility index (Phi) is 6.38. The number of amides is 1. The number of sulfone groups is 1. The second-order valence-corrected chi connectivity index (χ2v) is 8.08. The lowest BCUT2D eigenvalue weighted by molar-refractivity contribution is -0.129. The van der Waals surface area contributed by atoms with Crippen LogP contribution in [0.4, 0.5) is 5.69 Å². The monoisotopic (exact) mass is 370 g/mol. The summed E-state index contributed by atoms with van der Waals surface area (Å²) >= 11 is 0. The summed E-state index contributed by atoms with van der Waals surface area (Å²) < 4.78 is 28.0. The highest BCUT2D eigenvalue weighted by molar-refractivity contribution is 7.91. The molecule has 0 spiro atoms. The molecule has 1 heterocycles. The highest BCUT2D eigenvalue weighted by Gasteiger charge is 2.31. The van der Waals surface area contributed by atoms with Gasteiger partial charge in [-0.2, -0.15) is 0 Å². The molecule has 1 amide bonds. The number of carbonyl (C=O) groups is 2. The van der Waals surface area contributed by atoms with E-state index in [9.17, 15) is 18.0 Å². The van der Waals surface area contributed by atoms with E-state index in [2.05, 4.69) is 10.6 Å². The van der Waals surface area contributed by atoms with E-state index in [1.54, 1.807) is 24.3 Å². The molecule has 0 aromatic heterocycles. The van der Waals surface area contributed by atoms with Gasteiger partial charge in [-0.1, -0.05) is 12.1 Å². The van der Waals surface area contributed by atoms with Crippen LogP contribution in [0.2, 0.25) is 0 Å². The third-order valence-electron chi connectivity index (χ3n) is 3.81. The SMILES string of the molecule is C[C@H](OC(=O)c1ccccc1NCCO)C(=O)N[C@H]1CCS(=O)(=O)C1. The third-order valence-corrected chi connectivity index (χ3v) is 5.57. The van der Waals surface area contributed by atoms with Gasteiger partial charge in [0.15, 0.2) is 15.9 Å². The number of ether oxygens (including phenoxy) is 1. The van der Waals surface area contributed by atoms with Crippen molar-refractivity contribution < 1.29 is 27.9 Å². The molecule has 1 aromatic carbocycles. The maximum absolute atomic E-state index is 12.3. The highest BCUT2D eigenvalue weighted by atomic mass is 32.2. The van der Waals surface area contributed by atoms with Crippen molar-refractivity contribution in [2.24, 2.45) is 0 Å². The quantitative estimate of drug-likeness (QED) is 0.575. The van der Waals surface area contributed by atoms with E-state index < -0.39 is 33.9 Å². The summed E-state index contributed by atoms with van der Waals surface area (Å²) in [5.41, 5.74) is 0.745. The minimum Gasteiger partial charge on any atom is -0.449 e. The van der Waals surface area contributed by atoms with E-state index in [0.717, 1.165) is 0 Å². The van der Waals surface area contributed by atoms with Crippen molar-refractivity contribution in [1.82, 2.24) is 5.32 Å². The zero-order valence-corrected chi connectivity index (χ0v) is 14.7. The van der Waals surface area contributed by atoms with Crippen molar-refractivity contribution in [2.75, 3.05) is 30.0 Å². The van der Waals surface area contributed by atoms with Gasteiger partial charge >= 0.3 is 5.97 Å². The zero-order valence-electron chi connectivity index (χ0n) is 13.9. The summed E-state index contributed by atoms with van der Waals surface area (Å²) in [5, 5.41) is 14.4. The van der Waals surface area contributed by atoms with Gasteiger partial charge in [0.25, 0.3) is 5.91 Å². The fourth-order valence-corrected chi connectivity index (χ4v) is 4.18. The van der Waals surface area contributed by atoms with E-state index in [1.165, 1.54) is 6.92 Å². The van der Waals surface area contributed by atoms with Gasteiger partial charge in [-0.3, -0.25) is 4.79 Å². The molecular weight excluding hydrogens is 348 g/mol. The lowest BCUT2D eigenvalue weighted by Crippen LogP contribution is -2.42. The number of aliphatic hydroxyl groups is 1. The third kappa shape index (κ3) is 5.43. The standard InChI is InChI=1S/C16H22N2O6S/c1-11(15(20)18-12-6-9-25(22,23)10-12)24-16(21)13-4-2-3-5-14(13)17-7-8-19/h2-5,11-12,17,19H,6-10H2,1H3,(H,18,20)/t11-,12-/m0/s1. The lowest BCUT2D eigenvalue weighted by Gasteiger charge is -2.17. The Morgan fingerprint density at radius 2 is 2.08 bits per heavy atom. The Morgan fingerprint density at radius 3 is 2.72 bits per heavy atom. The molecule has 1 saturated heterocycles. The van der Waals surface area contributed by atoms with Gasteiger partial charge in [0.1, 0.15) is 0 Å². The number of rotatable bonds is 7. The summed E-state index contributed by atoms with van der Waals surface area (Å²) in [6.07, 6.45) is -0.690. The number of esters is 1. The fourth-order valence-electron chi connectivity index (χ4n) is 2.51. The number of para-hydroxylation sites is 1. The van der Waals surface area contributed by atoms with E-state index in [1.807, 2.05) is 0 Å². The number of carbonyl (C=O) groups excluding carboxylic acids is 2. The predicted molar refractivity (Wildman–Crippen MR) is 92.1 cm³/mol. The number of hydrogen-bond acceptors (Lipinski definition) is 7. The smallest absolute Gasteiger partial charge is 0.341 e. The summed E-state index contributed by atoms with van der Waals surface area (Å²) in [6.45, 7) is 1.61. The number of anilines is 1. The van der Waals surface area contributed by atoms with Crippen molar-refractivity contribution in [3.8, 4) is 0 Å². The van der Waals surface area contributed by atoms with Crippen LogP contribution in [0.3, 0.4) is 0 Å². The van der Waals surface area contributed by atoms with Gasteiger partial charge < -0.3 is 20.5 Å². The Balaban J connectivity index is 1.94. The first-order chi connectivity index (χ1) is 11.8. The first kappa shape index (κ1) is 19.2. The Morgan fingerprint density at radius 1 is 1.36 bits per heavy atom. The largest absolute Gasteiger partial charge is 0.449 e. The Labute approximate surface area is 146 Å². The first-order valence-corrected chi connectivity index (χ1v) is 9.80. The number of hydrogen-bond donors (Lipinski definition) is 3. The topological polar surface area (TPSA) is 122 Å². The van der Waals surface area contributed by atoms with Gasteiger partial charge in [0.05, 0.1) is 23.7 Å². The minimum atomic E-state index is -3.10. The summed E-state index contributed by atoms with van der Waals surface area (Å²) in [6, 6.07) is 6.16. The van der Waals surface area contributed by atoms with Crippen molar-refractivity contribution in [3.05, 3.63) is 29.8 Å². The van der Waals surface area contributed by atoms with Crippen LogP contribution >= 0.6 is 0 Å². The van der Waals surface area contributed by atoms with Crippen molar-refractivity contribution in [3.63, 3.8) is 0 Å². The lowest BCUT2D eigenvalue weighted by atomic mass is 10.1. The van der Waals surface area contributed by atoms with Crippen molar-refractivity contribution in [1.29, 1.82) is 0 Å². The average Bonchev–Trinajstić information content (AvgIpc) is 2.91. The zero-order chi connectivity index (χ0) is 18.4. The second-order valence-electron chi connectivity index (χ2n) is 5.85. The van der Waals surface area contributed by atoms with Crippen LogP contribution in [-0.4, -0.2) is 62.2 Å². The molecule has 25 heavy (non-hydrogen) atoms. The molecule has 0 aliphatic carbocycles. The van der Waals surface area contributed by atoms with Gasteiger partial charge in [-0.05, 0) is 25.5 Å². The highest BCUT2D eigenvalue weighted by Crippen LogP contribution is 2.17. The molecule has 138 valence electrons. The van der Waals surface area contributed by atoms with Gasteiger partial charge in [0, 0.05) is 18.3 Å². The average molecular weight is 370 g/mol. The predicted octanol–water partition coefficient (Wildman–Crippen LogP) is -0.0606. The molecule has 1 aliphatic rings. The fraction of sp³-hybridized carbons (Fsp3) is 0.500. The molecule has 1 aromatic rings. The normalized spacial score (nSPS) is 19.8. The van der Waals surface area contributed by atoms with Crippen LogP contribution in [-0.2, 0) is 19.4 Å². The van der Waals surface area contributed by atoms with E-state index in [4.69, 9.17) is 9.84 Å². The van der Waals surface area contributed by atoms with Gasteiger partial charge in [-0.15, -0.1) is 0 Å². The molecule has 0 bridgehead atoms. The first-order valence-electron chi connectivity index (χ1n) is 7.98. The van der Waals surface area contributed by atoms with Crippen molar-refractivity contribution >= 4 is 27.4 Å². The van der Waals surface area contributed by atoms with Crippen LogP contribution in [0.5, 0.6) is 0 Å². The maximum atomic E-state index is 12.3. The van der Waals surface area contributed by atoms with Crippen LogP contribution in [0.15, 0.2) is 24.3 Å². The summed E-state index contributed by atoms with van der Waals surface area (Å²) in [7, 11) is -3.10. The molecule has 8 nitrogen and oxygen atoms in total. The second kappa shape index (κ2) is 8.30. The molecule has 0 saturated carbocycles. The summed E-state index contributed by atoms with van der Waals surface area (Å²) in [5.74, 6) is -1.25. The molecule has 2 atom stereocenters. The van der Waals surface area contributed by atoms with E-state index in [-0.39, 0.29) is 30.2 Å². The molecule has 1 fully saturated rings.